The Morgan fingerprint density at radius 1 is 1.05 bits per heavy atom. The van der Waals surface area contributed by atoms with Crippen molar-refractivity contribution in [2.75, 3.05) is 13.1 Å². The Morgan fingerprint density at radius 2 is 1.82 bits per heavy atom. The SMILES string of the molecule is Cc1ccc(C2C[C@]23CCCN(Cc2ccccc2)C3)cc1. The van der Waals surface area contributed by atoms with Crippen LogP contribution in [0.15, 0.2) is 54.6 Å². The minimum atomic E-state index is 0.572. The number of likely N-dealkylation sites (tertiary alicyclic amines) is 1. The van der Waals surface area contributed by atoms with Gasteiger partial charge in [0.2, 0.25) is 0 Å². The molecule has 0 radical (unpaired) electrons. The van der Waals surface area contributed by atoms with E-state index in [-0.39, 0.29) is 0 Å². The van der Waals surface area contributed by atoms with Crippen LogP contribution in [0.2, 0.25) is 0 Å². The van der Waals surface area contributed by atoms with Gasteiger partial charge in [-0.25, -0.2) is 0 Å². The third-order valence-electron chi connectivity index (χ3n) is 5.61. The van der Waals surface area contributed by atoms with Crippen molar-refractivity contribution in [3.63, 3.8) is 0 Å². The lowest BCUT2D eigenvalue weighted by molar-refractivity contribution is 0.150. The first-order valence-corrected chi connectivity index (χ1v) is 8.58. The molecular formula is C21H25N. The molecule has 2 aromatic carbocycles. The number of benzene rings is 2. The third-order valence-corrected chi connectivity index (χ3v) is 5.61. The number of hydrogen-bond acceptors (Lipinski definition) is 1. The van der Waals surface area contributed by atoms with Gasteiger partial charge in [-0.2, -0.15) is 0 Å². The van der Waals surface area contributed by atoms with Gasteiger partial charge in [-0.3, -0.25) is 4.90 Å². The maximum atomic E-state index is 2.67. The van der Waals surface area contributed by atoms with Crippen LogP contribution in [0.3, 0.4) is 0 Å². The summed E-state index contributed by atoms with van der Waals surface area (Å²) in [7, 11) is 0. The average Bonchev–Trinajstić information content (AvgIpc) is 3.22. The smallest absolute Gasteiger partial charge is 0.0233 e. The fourth-order valence-corrected chi connectivity index (χ4v) is 4.30. The largest absolute Gasteiger partial charge is 0.299 e. The lowest BCUT2D eigenvalue weighted by atomic mass is 9.89. The molecule has 1 heteroatoms. The molecule has 1 saturated heterocycles. The first kappa shape index (κ1) is 14.0. The molecule has 1 aliphatic heterocycles. The van der Waals surface area contributed by atoms with E-state index in [0.29, 0.717) is 5.41 Å². The van der Waals surface area contributed by atoms with Gasteiger partial charge in [0, 0.05) is 13.1 Å². The van der Waals surface area contributed by atoms with Crippen LogP contribution in [0.4, 0.5) is 0 Å². The van der Waals surface area contributed by atoms with E-state index in [0.717, 1.165) is 12.5 Å². The second kappa shape index (κ2) is 5.55. The summed E-state index contributed by atoms with van der Waals surface area (Å²) in [6.45, 7) is 5.83. The first-order valence-electron chi connectivity index (χ1n) is 8.58. The molecule has 2 atom stereocenters. The van der Waals surface area contributed by atoms with Crippen LogP contribution in [0.1, 0.15) is 41.9 Å². The fraction of sp³-hybridized carbons (Fsp3) is 0.429. The van der Waals surface area contributed by atoms with Crippen molar-refractivity contribution >= 4 is 0 Å². The minimum absolute atomic E-state index is 0.572. The van der Waals surface area contributed by atoms with Gasteiger partial charge in [-0.15, -0.1) is 0 Å². The molecule has 2 fully saturated rings. The van der Waals surface area contributed by atoms with Crippen LogP contribution in [0.5, 0.6) is 0 Å². The lowest BCUT2D eigenvalue weighted by Gasteiger charge is -2.34. The summed E-state index contributed by atoms with van der Waals surface area (Å²) in [5.41, 5.74) is 4.95. The molecule has 1 aliphatic carbocycles. The van der Waals surface area contributed by atoms with E-state index in [9.17, 15) is 0 Å². The van der Waals surface area contributed by atoms with Crippen molar-refractivity contribution in [1.82, 2.24) is 4.90 Å². The van der Waals surface area contributed by atoms with E-state index in [1.54, 1.807) is 5.56 Å². The lowest BCUT2D eigenvalue weighted by Crippen LogP contribution is -2.36. The fourth-order valence-electron chi connectivity index (χ4n) is 4.30. The Bertz CT molecular complexity index is 631. The number of hydrogen-bond donors (Lipinski definition) is 0. The second-order valence-electron chi connectivity index (χ2n) is 7.33. The van der Waals surface area contributed by atoms with Crippen molar-refractivity contribution in [2.45, 2.75) is 38.6 Å². The zero-order valence-electron chi connectivity index (χ0n) is 13.5. The summed E-state index contributed by atoms with van der Waals surface area (Å²) in [6, 6.07) is 20.2. The molecule has 1 nitrogen and oxygen atoms in total. The molecule has 0 amide bonds. The average molecular weight is 291 g/mol. The Labute approximate surface area is 134 Å². The molecule has 1 saturated carbocycles. The second-order valence-corrected chi connectivity index (χ2v) is 7.33. The Morgan fingerprint density at radius 3 is 2.59 bits per heavy atom. The molecule has 1 spiro atoms. The van der Waals surface area contributed by atoms with Crippen LogP contribution < -0.4 is 0 Å². The standard InChI is InChI=1S/C21H25N/c1-17-8-10-19(11-9-17)20-14-21(20)12-5-13-22(16-21)15-18-6-3-2-4-7-18/h2-4,6-11,20H,5,12-16H2,1H3/t20?,21-/m0/s1. The highest BCUT2D eigenvalue weighted by Gasteiger charge is 2.55. The highest BCUT2D eigenvalue weighted by molar-refractivity contribution is 5.33. The van der Waals surface area contributed by atoms with Crippen molar-refractivity contribution in [3.8, 4) is 0 Å². The number of piperidine rings is 1. The molecule has 0 bridgehead atoms. The number of nitrogens with zero attached hydrogens (tertiary/aromatic N) is 1. The highest BCUT2D eigenvalue weighted by atomic mass is 15.1. The van der Waals surface area contributed by atoms with Gasteiger partial charge < -0.3 is 0 Å². The van der Waals surface area contributed by atoms with Crippen molar-refractivity contribution in [3.05, 3.63) is 71.3 Å². The topological polar surface area (TPSA) is 3.24 Å². The molecule has 2 aromatic rings. The highest BCUT2D eigenvalue weighted by Crippen LogP contribution is 2.63. The molecule has 2 aliphatic rings. The van der Waals surface area contributed by atoms with Gasteiger partial charge in [-0.1, -0.05) is 60.2 Å². The van der Waals surface area contributed by atoms with E-state index < -0.39 is 0 Å². The summed E-state index contributed by atoms with van der Waals surface area (Å²) in [5, 5.41) is 0. The number of rotatable bonds is 3. The zero-order chi connectivity index (χ0) is 15.0. The predicted molar refractivity (Wildman–Crippen MR) is 91.9 cm³/mol. The van der Waals surface area contributed by atoms with Crippen LogP contribution in [0, 0.1) is 12.3 Å². The zero-order valence-corrected chi connectivity index (χ0v) is 13.5. The van der Waals surface area contributed by atoms with Gasteiger partial charge in [0.1, 0.15) is 0 Å². The molecule has 1 unspecified atom stereocenters. The van der Waals surface area contributed by atoms with Crippen molar-refractivity contribution in [1.29, 1.82) is 0 Å². The molecule has 114 valence electrons. The summed E-state index contributed by atoms with van der Waals surface area (Å²) < 4.78 is 0. The van der Waals surface area contributed by atoms with Gasteiger partial charge in [0.15, 0.2) is 0 Å². The Balaban J connectivity index is 1.44. The monoisotopic (exact) mass is 291 g/mol. The van der Waals surface area contributed by atoms with E-state index in [1.807, 2.05) is 0 Å². The van der Waals surface area contributed by atoms with Gasteiger partial charge >= 0.3 is 0 Å². The molecule has 1 heterocycles. The summed E-state index contributed by atoms with van der Waals surface area (Å²) in [5.74, 6) is 0.798. The minimum Gasteiger partial charge on any atom is -0.299 e. The van der Waals surface area contributed by atoms with Gasteiger partial charge in [0.25, 0.3) is 0 Å². The summed E-state index contributed by atoms with van der Waals surface area (Å²) >= 11 is 0. The van der Waals surface area contributed by atoms with Crippen LogP contribution >= 0.6 is 0 Å². The van der Waals surface area contributed by atoms with Crippen molar-refractivity contribution < 1.29 is 0 Å². The quantitative estimate of drug-likeness (QED) is 0.787. The maximum absolute atomic E-state index is 2.67. The van der Waals surface area contributed by atoms with E-state index in [4.69, 9.17) is 0 Å². The molecule has 22 heavy (non-hydrogen) atoms. The van der Waals surface area contributed by atoms with Gasteiger partial charge in [0.05, 0.1) is 0 Å². The first-order chi connectivity index (χ1) is 10.8. The normalized spacial score (nSPS) is 28.0. The Kier molecular flexibility index (Phi) is 3.54. The molecule has 4 rings (SSSR count). The summed E-state index contributed by atoms with van der Waals surface area (Å²) in [4.78, 5) is 2.67. The van der Waals surface area contributed by atoms with Crippen LogP contribution in [0.25, 0.3) is 0 Å². The van der Waals surface area contributed by atoms with Crippen molar-refractivity contribution in [2.24, 2.45) is 5.41 Å². The maximum Gasteiger partial charge on any atom is 0.0233 e. The van der Waals surface area contributed by atoms with Crippen LogP contribution in [-0.4, -0.2) is 18.0 Å². The van der Waals surface area contributed by atoms with Crippen LogP contribution in [-0.2, 0) is 6.54 Å². The van der Waals surface area contributed by atoms with Gasteiger partial charge in [-0.05, 0) is 55.2 Å². The summed E-state index contributed by atoms with van der Waals surface area (Å²) in [6.07, 6.45) is 4.16. The molecular weight excluding hydrogens is 266 g/mol. The Hall–Kier alpha value is -1.60. The van der Waals surface area contributed by atoms with E-state index in [2.05, 4.69) is 66.4 Å². The number of aryl methyl sites for hydroxylation is 1. The molecule has 0 aromatic heterocycles. The molecule has 0 N–H and O–H groups in total. The van der Waals surface area contributed by atoms with E-state index >= 15 is 0 Å². The third kappa shape index (κ3) is 2.70. The van der Waals surface area contributed by atoms with E-state index in [1.165, 1.54) is 43.5 Å². The predicted octanol–water partition coefficient (Wildman–Crippen LogP) is 4.76.